The van der Waals surface area contributed by atoms with Gasteiger partial charge in [-0.05, 0) is 48.1 Å². The van der Waals surface area contributed by atoms with Crippen LogP contribution in [0.3, 0.4) is 0 Å². The molecule has 28 heavy (non-hydrogen) atoms. The molecule has 0 atom stereocenters. The molecule has 3 aliphatic rings. The minimum Gasteiger partial charge on any atom is -0.477 e. The Morgan fingerprint density at radius 1 is 1.14 bits per heavy atom. The number of hydrogen-bond acceptors (Lipinski definition) is 5. The third kappa shape index (κ3) is 2.77. The van der Waals surface area contributed by atoms with E-state index >= 15 is 0 Å². The van der Waals surface area contributed by atoms with Crippen molar-refractivity contribution >= 4 is 23.2 Å². The van der Waals surface area contributed by atoms with Crippen LogP contribution in [-0.4, -0.2) is 41.6 Å². The maximum atomic E-state index is 13.1. The van der Waals surface area contributed by atoms with Crippen LogP contribution >= 0.6 is 11.3 Å². The highest BCUT2D eigenvalue weighted by Gasteiger charge is 2.43. The Hall–Kier alpha value is -2.22. The SMILES string of the molecule is O=C(O)c1cc2c(s1)C1(CCN(C(=O)c3cccc4c3COC4)CC1)OCC2. The fraction of sp³-hybridized carbons (Fsp3) is 0.429. The van der Waals surface area contributed by atoms with Crippen molar-refractivity contribution in [3.05, 3.63) is 56.3 Å². The maximum Gasteiger partial charge on any atom is 0.345 e. The van der Waals surface area contributed by atoms with Gasteiger partial charge in [0.15, 0.2) is 0 Å². The number of ether oxygens (including phenoxy) is 2. The third-order valence-corrected chi connectivity index (χ3v) is 7.40. The van der Waals surface area contributed by atoms with Crippen LogP contribution in [-0.2, 0) is 34.7 Å². The lowest BCUT2D eigenvalue weighted by molar-refractivity contribution is -0.0906. The summed E-state index contributed by atoms with van der Waals surface area (Å²) in [6, 6.07) is 7.60. The van der Waals surface area contributed by atoms with Gasteiger partial charge in [0.1, 0.15) is 10.5 Å². The first-order valence-corrected chi connectivity index (χ1v) is 10.4. The molecule has 1 amide bonds. The highest BCUT2D eigenvalue weighted by molar-refractivity contribution is 7.14. The number of thiophene rings is 1. The van der Waals surface area contributed by atoms with E-state index in [2.05, 4.69) is 0 Å². The molecule has 0 radical (unpaired) electrons. The molecule has 0 aliphatic carbocycles. The number of carboxylic acid groups (broad SMARTS) is 1. The van der Waals surface area contributed by atoms with E-state index in [1.54, 1.807) is 6.07 Å². The fourth-order valence-corrected chi connectivity index (χ4v) is 5.79. The first kappa shape index (κ1) is 17.8. The third-order valence-electron chi connectivity index (χ3n) is 6.05. The molecule has 5 rings (SSSR count). The van der Waals surface area contributed by atoms with E-state index in [-0.39, 0.29) is 5.91 Å². The number of fused-ring (bicyclic) bond motifs is 3. The molecule has 3 aliphatic heterocycles. The standard InChI is InChI=1S/C21H21NO5S/c23-19(15-3-1-2-14-11-26-12-16(14)15)22-7-5-21(6-8-22)18-13(4-9-27-21)10-17(28-18)20(24)25/h1-3,10H,4-9,11-12H2,(H,24,25). The van der Waals surface area contributed by atoms with E-state index < -0.39 is 11.6 Å². The Morgan fingerprint density at radius 3 is 2.75 bits per heavy atom. The largest absolute Gasteiger partial charge is 0.477 e. The molecule has 1 spiro atoms. The van der Waals surface area contributed by atoms with E-state index in [0.717, 1.165) is 33.6 Å². The lowest BCUT2D eigenvalue weighted by Crippen LogP contribution is -2.48. The second-order valence-electron chi connectivity index (χ2n) is 7.59. The van der Waals surface area contributed by atoms with Crippen LogP contribution < -0.4 is 0 Å². The van der Waals surface area contributed by atoms with Gasteiger partial charge in [0.05, 0.1) is 19.8 Å². The zero-order chi connectivity index (χ0) is 19.3. The molecule has 1 N–H and O–H groups in total. The zero-order valence-corrected chi connectivity index (χ0v) is 16.2. The molecule has 4 heterocycles. The highest BCUT2D eigenvalue weighted by Crippen LogP contribution is 2.45. The molecule has 1 fully saturated rings. The van der Waals surface area contributed by atoms with Crippen molar-refractivity contribution in [1.29, 1.82) is 0 Å². The van der Waals surface area contributed by atoms with Crippen molar-refractivity contribution in [3.63, 3.8) is 0 Å². The number of amides is 1. The summed E-state index contributed by atoms with van der Waals surface area (Å²) in [7, 11) is 0. The van der Waals surface area contributed by atoms with Crippen molar-refractivity contribution in [3.8, 4) is 0 Å². The van der Waals surface area contributed by atoms with Crippen molar-refractivity contribution < 1.29 is 24.2 Å². The summed E-state index contributed by atoms with van der Waals surface area (Å²) in [6.07, 6.45) is 2.13. The van der Waals surface area contributed by atoms with Crippen LogP contribution in [0, 0.1) is 0 Å². The van der Waals surface area contributed by atoms with E-state index in [0.29, 0.717) is 50.6 Å². The quantitative estimate of drug-likeness (QED) is 0.839. The second kappa shape index (κ2) is 6.69. The van der Waals surface area contributed by atoms with Gasteiger partial charge >= 0.3 is 5.97 Å². The number of likely N-dealkylation sites (tertiary alicyclic amines) is 1. The molecule has 2 aromatic rings. The average Bonchev–Trinajstić information content (AvgIpc) is 3.36. The van der Waals surface area contributed by atoms with Gasteiger partial charge in [-0.3, -0.25) is 4.79 Å². The van der Waals surface area contributed by atoms with Gasteiger partial charge in [0.2, 0.25) is 0 Å². The van der Waals surface area contributed by atoms with Crippen LogP contribution in [0.5, 0.6) is 0 Å². The van der Waals surface area contributed by atoms with Gasteiger partial charge < -0.3 is 19.5 Å². The van der Waals surface area contributed by atoms with Crippen LogP contribution in [0.25, 0.3) is 0 Å². The molecule has 0 bridgehead atoms. The monoisotopic (exact) mass is 399 g/mol. The first-order chi connectivity index (χ1) is 13.6. The Morgan fingerprint density at radius 2 is 1.96 bits per heavy atom. The number of rotatable bonds is 2. The number of benzene rings is 1. The van der Waals surface area contributed by atoms with Gasteiger partial charge in [-0.1, -0.05) is 12.1 Å². The number of aromatic carboxylic acids is 1. The number of hydrogen-bond donors (Lipinski definition) is 1. The summed E-state index contributed by atoms with van der Waals surface area (Å²) in [5, 5.41) is 9.35. The number of nitrogens with zero attached hydrogens (tertiary/aromatic N) is 1. The van der Waals surface area contributed by atoms with Crippen molar-refractivity contribution in [1.82, 2.24) is 4.90 Å². The molecule has 1 aromatic heterocycles. The minimum atomic E-state index is -0.887. The smallest absolute Gasteiger partial charge is 0.345 e. The van der Waals surface area contributed by atoms with E-state index in [1.807, 2.05) is 23.1 Å². The lowest BCUT2D eigenvalue weighted by atomic mass is 9.85. The van der Waals surface area contributed by atoms with Gasteiger partial charge in [-0.25, -0.2) is 4.79 Å². The van der Waals surface area contributed by atoms with E-state index in [9.17, 15) is 14.7 Å². The summed E-state index contributed by atoms with van der Waals surface area (Å²) >= 11 is 1.33. The molecule has 0 unspecified atom stereocenters. The zero-order valence-electron chi connectivity index (χ0n) is 15.4. The molecular formula is C21H21NO5S. The van der Waals surface area contributed by atoms with Crippen LogP contribution in [0.2, 0.25) is 0 Å². The van der Waals surface area contributed by atoms with Gasteiger partial charge in [0.25, 0.3) is 5.91 Å². The highest BCUT2D eigenvalue weighted by atomic mass is 32.1. The Bertz CT molecular complexity index is 958. The maximum absolute atomic E-state index is 13.1. The molecule has 7 heteroatoms. The first-order valence-electron chi connectivity index (χ1n) is 9.56. The molecule has 146 valence electrons. The van der Waals surface area contributed by atoms with Gasteiger partial charge in [-0.15, -0.1) is 11.3 Å². The average molecular weight is 399 g/mol. The predicted octanol–water partition coefficient (Wildman–Crippen LogP) is 3.18. The minimum absolute atomic E-state index is 0.0469. The number of carboxylic acids is 1. The summed E-state index contributed by atoms with van der Waals surface area (Å²) in [4.78, 5) is 27.8. The fourth-order valence-electron chi connectivity index (χ4n) is 4.54. The van der Waals surface area contributed by atoms with Crippen LogP contribution in [0.1, 0.15) is 54.4 Å². The summed E-state index contributed by atoms with van der Waals surface area (Å²) in [6.45, 7) is 2.86. The topological polar surface area (TPSA) is 76.1 Å². The summed E-state index contributed by atoms with van der Waals surface area (Å²) in [5.74, 6) is -0.840. The van der Waals surface area contributed by atoms with E-state index in [4.69, 9.17) is 9.47 Å². The molecular weight excluding hydrogens is 378 g/mol. The van der Waals surface area contributed by atoms with Gasteiger partial charge in [0, 0.05) is 23.5 Å². The van der Waals surface area contributed by atoms with Crippen molar-refractivity contribution in [2.45, 2.75) is 38.1 Å². The van der Waals surface area contributed by atoms with Crippen LogP contribution in [0.4, 0.5) is 0 Å². The van der Waals surface area contributed by atoms with Gasteiger partial charge in [-0.2, -0.15) is 0 Å². The van der Waals surface area contributed by atoms with Crippen LogP contribution in [0.15, 0.2) is 24.3 Å². The van der Waals surface area contributed by atoms with E-state index in [1.165, 1.54) is 11.3 Å². The number of carbonyl (C=O) groups excluding carboxylic acids is 1. The number of piperidine rings is 1. The summed E-state index contributed by atoms with van der Waals surface area (Å²) in [5.41, 5.74) is 3.48. The Balaban J connectivity index is 1.37. The molecule has 6 nitrogen and oxygen atoms in total. The molecule has 1 aromatic carbocycles. The lowest BCUT2D eigenvalue weighted by Gasteiger charge is -2.43. The number of carbonyl (C=O) groups is 2. The molecule has 1 saturated heterocycles. The summed E-state index contributed by atoms with van der Waals surface area (Å²) < 4.78 is 11.7. The Labute approximate surface area is 166 Å². The van der Waals surface area contributed by atoms with Crippen molar-refractivity contribution in [2.75, 3.05) is 19.7 Å². The van der Waals surface area contributed by atoms with Crippen molar-refractivity contribution in [2.24, 2.45) is 0 Å². The second-order valence-corrected chi connectivity index (χ2v) is 8.64. The molecule has 0 saturated carbocycles. The predicted molar refractivity (Wildman–Crippen MR) is 103 cm³/mol. The Kier molecular flexibility index (Phi) is 4.26. The normalized spacial score (nSPS) is 20.1.